The summed E-state index contributed by atoms with van der Waals surface area (Å²) in [5.74, 6) is -3.78. The van der Waals surface area contributed by atoms with Crippen LogP contribution in [0.1, 0.15) is 22.3 Å². The van der Waals surface area contributed by atoms with Gasteiger partial charge in [0.1, 0.15) is 6.04 Å². The standard InChI is InChI=1S/C12H12N2O7/c1-6-2-3-7(14(20)21)4-8(6)11(17)13-9(12(18)19)5-10(15)16/h2-4,9H,5H2,1H3,(H,13,17)(H,15,16)(H,18,19)/t9-/m0/s1. The molecule has 21 heavy (non-hydrogen) atoms. The molecule has 0 radical (unpaired) electrons. The molecule has 0 fully saturated rings. The third-order valence-electron chi connectivity index (χ3n) is 2.66. The van der Waals surface area contributed by atoms with Crippen molar-refractivity contribution in [3.05, 3.63) is 39.4 Å². The number of nitrogens with one attached hydrogen (secondary N) is 1. The number of nitro groups is 1. The minimum atomic E-state index is -1.62. The van der Waals surface area contributed by atoms with Crippen molar-refractivity contribution in [1.29, 1.82) is 0 Å². The number of nitrogens with zero attached hydrogens (tertiary/aromatic N) is 1. The number of rotatable bonds is 6. The van der Waals surface area contributed by atoms with E-state index in [1.54, 1.807) is 0 Å². The zero-order chi connectivity index (χ0) is 16.2. The van der Waals surface area contributed by atoms with Crippen molar-refractivity contribution in [3.8, 4) is 0 Å². The van der Waals surface area contributed by atoms with Gasteiger partial charge in [0.15, 0.2) is 0 Å². The number of benzene rings is 1. The first-order chi connectivity index (χ1) is 9.72. The van der Waals surface area contributed by atoms with Gasteiger partial charge in [0, 0.05) is 17.7 Å². The molecule has 0 aromatic heterocycles. The molecule has 1 amide bonds. The van der Waals surface area contributed by atoms with Crippen molar-refractivity contribution in [2.45, 2.75) is 19.4 Å². The Kier molecular flexibility index (Phi) is 4.95. The maximum Gasteiger partial charge on any atom is 0.326 e. The molecule has 0 unspecified atom stereocenters. The van der Waals surface area contributed by atoms with Gasteiger partial charge in [-0.2, -0.15) is 0 Å². The quantitative estimate of drug-likeness (QED) is 0.513. The Hall–Kier alpha value is -2.97. The molecule has 1 rings (SSSR count). The second-order valence-electron chi connectivity index (χ2n) is 4.22. The third-order valence-corrected chi connectivity index (χ3v) is 2.66. The van der Waals surface area contributed by atoms with Crippen LogP contribution in [0, 0.1) is 17.0 Å². The summed E-state index contributed by atoms with van der Waals surface area (Å²) < 4.78 is 0. The van der Waals surface area contributed by atoms with Gasteiger partial charge in [-0.05, 0) is 12.5 Å². The smallest absolute Gasteiger partial charge is 0.326 e. The highest BCUT2D eigenvalue weighted by molar-refractivity contribution is 5.99. The number of carboxylic acid groups (broad SMARTS) is 2. The van der Waals surface area contributed by atoms with Gasteiger partial charge < -0.3 is 15.5 Å². The molecule has 0 saturated carbocycles. The minimum absolute atomic E-state index is 0.0826. The van der Waals surface area contributed by atoms with E-state index in [1.807, 2.05) is 5.32 Å². The predicted octanol–water partition coefficient (Wildman–Crippen LogP) is 0.561. The van der Waals surface area contributed by atoms with Crippen LogP contribution in [0.25, 0.3) is 0 Å². The predicted molar refractivity (Wildman–Crippen MR) is 69.0 cm³/mol. The number of aliphatic carboxylic acids is 2. The molecule has 0 saturated heterocycles. The summed E-state index contributed by atoms with van der Waals surface area (Å²) in [7, 11) is 0. The highest BCUT2D eigenvalue weighted by Gasteiger charge is 2.25. The molecule has 0 spiro atoms. The largest absolute Gasteiger partial charge is 0.481 e. The number of carboxylic acids is 2. The number of hydrogen-bond acceptors (Lipinski definition) is 5. The summed E-state index contributed by atoms with van der Waals surface area (Å²) in [6, 6.07) is 1.94. The summed E-state index contributed by atoms with van der Waals surface area (Å²) in [6.07, 6.45) is -0.797. The second-order valence-corrected chi connectivity index (χ2v) is 4.22. The Morgan fingerprint density at radius 3 is 2.43 bits per heavy atom. The van der Waals surface area contributed by atoms with Crippen molar-refractivity contribution < 1.29 is 29.5 Å². The van der Waals surface area contributed by atoms with E-state index in [4.69, 9.17) is 10.2 Å². The van der Waals surface area contributed by atoms with Crippen molar-refractivity contribution in [2.24, 2.45) is 0 Å². The van der Waals surface area contributed by atoms with Crippen molar-refractivity contribution >= 4 is 23.5 Å². The lowest BCUT2D eigenvalue weighted by Gasteiger charge is -2.13. The van der Waals surface area contributed by atoms with Crippen LogP contribution in [0.15, 0.2) is 18.2 Å². The van der Waals surface area contributed by atoms with E-state index in [2.05, 4.69) is 0 Å². The lowest BCUT2D eigenvalue weighted by molar-refractivity contribution is -0.384. The zero-order valence-corrected chi connectivity index (χ0v) is 10.9. The molecule has 9 heteroatoms. The number of carbonyl (C=O) groups is 3. The molecule has 0 bridgehead atoms. The van der Waals surface area contributed by atoms with Crippen LogP contribution in [0.5, 0.6) is 0 Å². The first-order valence-corrected chi connectivity index (χ1v) is 5.73. The number of non-ortho nitro benzene ring substituents is 1. The number of aryl methyl sites for hydroxylation is 1. The van der Waals surface area contributed by atoms with Crippen molar-refractivity contribution in [3.63, 3.8) is 0 Å². The number of hydrogen-bond donors (Lipinski definition) is 3. The average molecular weight is 296 g/mol. The highest BCUT2D eigenvalue weighted by atomic mass is 16.6. The van der Waals surface area contributed by atoms with Gasteiger partial charge in [-0.1, -0.05) is 6.07 Å². The number of nitro benzene ring substituents is 1. The molecule has 1 aromatic rings. The van der Waals surface area contributed by atoms with Gasteiger partial charge in [-0.25, -0.2) is 4.79 Å². The van der Waals surface area contributed by atoms with Crippen LogP contribution in [0.3, 0.4) is 0 Å². The summed E-state index contributed by atoms with van der Waals surface area (Å²) in [6.45, 7) is 1.52. The first kappa shape index (κ1) is 16.1. The Labute approximate surface area is 118 Å². The summed E-state index contributed by atoms with van der Waals surface area (Å²) in [5.41, 5.74) is -0.00531. The van der Waals surface area contributed by atoms with Gasteiger partial charge in [0.25, 0.3) is 11.6 Å². The van der Waals surface area contributed by atoms with E-state index in [0.717, 1.165) is 6.07 Å². The normalized spacial score (nSPS) is 11.5. The van der Waals surface area contributed by atoms with E-state index in [0.29, 0.717) is 5.56 Å². The lowest BCUT2D eigenvalue weighted by Crippen LogP contribution is -2.42. The lowest BCUT2D eigenvalue weighted by atomic mass is 10.1. The highest BCUT2D eigenvalue weighted by Crippen LogP contribution is 2.17. The maximum atomic E-state index is 11.9. The Bertz CT molecular complexity index is 612. The zero-order valence-electron chi connectivity index (χ0n) is 10.9. The fraction of sp³-hybridized carbons (Fsp3) is 0.250. The molecule has 0 aliphatic carbocycles. The van der Waals surface area contributed by atoms with Gasteiger partial charge in [-0.15, -0.1) is 0 Å². The van der Waals surface area contributed by atoms with Gasteiger partial charge in [0.2, 0.25) is 0 Å². The van der Waals surface area contributed by atoms with E-state index < -0.39 is 35.2 Å². The minimum Gasteiger partial charge on any atom is -0.481 e. The SMILES string of the molecule is Cc1ccc([N+](=O)[O-])cc1C(=O)N[C@@H](CC(=O)O)C(=O)O. The topological polar surface area (TPSA) is 147 Å². The molecule has 1 aromatic carbocycles. The van der Waals surface area contributed by atoms with Crippen LogP contribution in [-0.4, -0.2) is 39.0 Å². The summed E-state index contributed by atoms with van der Waals surface area (Å²) in [5, 5.41) is 30.1. The maximum absolute atomic E-state index is 11.9. The van der Waals surface area contributed by atoms with E-state index in [9.17, 15) is 24.5 Å². The van der Waals surface area contributed by atoms with E-state index in [-0.39, 0.29) is 11.3 Å². The van der Waals surface area contributed by atoms with Gasteiger partial charge in [0.05, 0.1) is 11.3 Å². The van der Waals surface area contributed by atoms with Crippen LogP contribution < -0.4 is 5.32 Å². The summed E-state index contributed by atoms with van der Waals surface area (Å²) in [4.78, 5) is 43.3. The monoisotopic (exact) mass is 296 g/mol. The fourth-order valence-corrected chi connectivity index (χ4v) is 1.58. The van der Waals surface area contributed by atoms with E-state index >= 15 is 0 Å². The summed E-state index contributed by atoms with van der Waals surface area (Å²) >= 11 is 0. The van der Waals surface area contributed by atoms with Crippen LogP contribution >= 0.6 is 0 Å². The third kappa shape index (κ3) is 4.27. The molecular weight excluding hydrogens is 284 g/mol. The van der Waals surface area contributed by atoms with Crippen molar-refractivity contribution in [1.82, 2.24) is 5.32 Å². The van der Waals surface area contributed by atoms with Crippen molar-refractivity contribution in [2.75, 3.05) is 0 Å². The molecule has 0 aliphatic heterocycles. The van der Waals surface area contributed by atoms with E-state index in [1.165, 1.54) is 19.1 Å². The Morgan fingerprint density at radius 1 is 1.33 bits per heavy atom. The van der Waals surface area contributed by atoms with Gasteiger partial charge in [-0.3, -0.25) is 19.7 Å². The molecular formula is C12H12N2O7. The van der Waals surface area contributed by atoms with Crippen LogP contribution in [0.4, 0.5) is 5.69 Å². The first-order valence-electron chi connectivity index (χ1n) is 5.73. The fourth-order valence-electron chi connectivity index (χ4n) is 1.58. The van der Waals surface area contributed by atoms with Gasteiger partial charge >= 0.3 is 11.9 Å². The van der Waals surface area contributed by atoms with Crippen LogP contribution in [0.2, 0.25) is 0 Å². The molecule has 112 valence electrons. The van der Waals surface area contributed by atoms with Crippen LogP contribution in [-0.2, 0) is 9.59 Å². The molecule has 9 nitrogen and oxygen atoms in total. The Balaban J connectivity index is 3.02. The molecule has 1 atom stereocenters. The average Bonchev–Trinajstić information content (AvgIpc) is 2.37. The Morgan fingerprint density at radius 2 is 1.95 bits per heavy atom. The molecule has 0 heterocycles. The number of amides is 1. The molecule has 3 N–H and O–H groups in total. The number of carbonyl (C=O) groups excluding carboxylic acids is 1. The molecule has 0 aliphatic rings. The second kappa shape index (κ2) is 6.46.